The lowest BCUT2D eigenvalue weighted by Crippen LogP contribution is -2.14. The molecule has 0 amide bonds. The van der Waals surface area contributed by atoms with Gasteiger partial charge in [0.05, 0.1) is 21.8 Å². The second-order valence-corrected chi connectivity index (χ2v) is 4.63. The van der Waals surface area contributed by atoms with Crippen LogP contribution in [0.5, 0.6) is 5.75 Å². The third-order valence-electron chi connectivity index (χ3n) is 2.10. The fourth-order valence-corrected chi connectivity index (χ4v) is 1.94. The summed E-state index contributed by atoms with van der Waals surface area (Å²) < 4.78 is 10.6. The number of halogens is 2. The van der Waals surface area contributed by atoms with Gasteiger partial charge in [0.1, 0.15) is 5.75 Å². The maximum Gasteiger partial charge on any atom is 0.195 e. The molecule has 1 aliphatic heterocycles. The van der Waals surface area contributed by atoms with Crippen molar-refractivity contribution in [2.24, 2.45) is 5.10 Å². The molecule has 2 rings (SSSR count). The van der Waals surface area contributed by atoms with E-state index >= 15 is 0 Å². The summed E-state index contributed by atoms with van der Waals surface area (Å²) >= 11 is 12.2. The zero-order valence-electron chi connectivity index (χ0n) is 9.48. The van der Waals surface area contributed by atoms with Gasteiger partial charge in [0.25, 0.3) is 0 Å². The quantitative estimate of drug-likeness (QED) is 0.846. The molecule has 0 spiro atoms. The third kappa shape index (κ3) is 2.76. The molecule has 0 saturated carbocycles. The second-order valence-electron chi connectivity index (χ2n) is 3.82. The molecule has 1 aromatic rings. The van der Waals surface area contributed by atoms with E-state index in [0.717, 1.165) is 0 Å². The molecule has 1 heterocycles. The number of hydrogen-bond donors (Lipinski definition) is 0. The largest absolute Gasteiger partial charge is 0.489 e. The molecule has 17 heavy (non-hydrogen) atoms. The zero-order chi connectivity index (χ0) is 12.4. The van der Waals surface area contributed by atoms with Gasteiger partial charge in [-0.05, 0) is 19.9 Å². The summed E-state index contributed by atoms with van der Waals surface area (Å²) in [5, 5.41) is 6.64. The molecule has 4 nitrogen and oxygen atoms in total. The van der Waals surface area contributed by atoms with E-state index in [1.807, 2.05) is 13.8 Å². The number of hydrogen-bond acceptors (Lipinski definition) is 4. The van der Waals surface area contributed by atoms with Crippen LogP contribution >= 0.6 is 23.2 Å². The average Bonchev–Trinajstić information content (AvgIpc) is 2.74. The minimum Gasteiger partial charge on any atom is -0.489 e. The highest BCUT2D eigenvalue weighted by molar-refractivity contribution is 6.37. The van der Waals surface area contributed by atoms with Crippen molar-refractivity contribution in [3.63, 3.8) is 0 Å². The van der Waals surface area contributed by atoms with Crippen molar-refractivity contribution in [2.75, 3.05) is 11.7 Å². The molecule has 1 aliphatic rings. The lowest BCUT2D eigenvalue weighted by Gasteiger charge is -2.17. The zero-order valence-corrected chi connectivity index (χ0v) is 11.0. The lowest BCUT2D eigenvalue weighted by atomic mass is 10.3. The van der Waals surface area contributed by atoms with E-state index in [0.29, 0.717) is 28.2 Å². The highest BCUT2D eigenvalue weighted by Crippen LogP contribution is 2.37. The summed E-state index contributed by atoms with van der Waals surface area (Å²) in [4.78, 5) is 0. The molecule has 92 valence electrons. The van der Waals surface area contributed by atoms with Crippen LogP contribution < -0.4 is 9.75 Å². The SMILES string of the molecule is CC(C)Oc1cc(N2COC=N2)c(Cl)cc1Cl. The van der Waals surface area contributed by atoms with Crippen LogP contribution in [0, 0.1) is 0 Å². The summed E-state index contributed by atoms with van der Waals surface area (Å²) in [6.07, 6.45) is 1.41. The standard InChI is InChI=1S/C11H12Cl2N2O2/c1-7(2)17-11-4-10(8(12)3-9(11)13)15-6-16-5-14-15/h3-5,7H,6H2,1-2H3. The van der Waals surface area contributed by atoms with Crippen LogP contribution in [0.2, 0.25) is 10.0 Å². The lowest BCUT2D eigenvalue weighted by molar-refractivity contribution is 0.242. The minimum atomic E-state index is 0.0415. The van der Waals surface area contributed by atoms with E-state index in [-0.39, 0.29) is 6.10 Å². The summed E-state index contributed by atoms with van der Waals surface area (Å²) in [5.74, 6) is 0.586. The van der Waals surface area contributed by atoms with Gasteiger partial charge in [-0.2, -0.15) is 0 Å². The molecule has 0 aromatic heterocycles. The number of anilines is 1. The van der Waals surface area contributed by atoms with Gasteiger partial charge in [-0.25, -0.2) is 5.01 Å². The van der Waals surface area contributed by atoms with Gasteiger partial charge >= 0.3 is 0 Å². The summed E-state index contributed by atoms with van der Waals surface area (Å²) in [5.41, 5.74) is 0.709. The smallest absolute Gasteiger partial charge is 0.195 e. The van der Waals surface area contributed by atoms with Gasteiger partial charge in [0.2, 0.25) is 0 Å². The molecule has 0 unspecified atom stereocenters. The molecular formula is C11H12Cl2N2O2. The molecule has 1 aromatic carbocycles. The van der Waals surface area contributed by atoms with Crippen molar-refractivity contribution in [1.82, 2.24) is 0 Å². The number of hydrazone groups is 1. The van der Waals surface area contributed by atoms with E-state index in [1.54, 1.807) is 17.1 Å². The predicted molar refractivity (Wildman–Crippen MR) is 69.1 cm³/mol. The summed E-state index contributed by atoms with van der Waals surface area (Å²) in [6.45, 7) is 4.20. The van der Waals surface area contributed by atoms with E-state index in [9.17, 15) is 0 Å². The maximum absolute atomic E-state index is 6.11. The van der Waals surface area contributed by atoms with Crippen molar-refractivity contribution in [2.45, 2.75) is 20.0 Å². The number of benzene rings is 1. The Morgan fingerprint density at radius 1 is 1.35 bits per heavy atom. The van der Waals surface area contributed by atoms with Crippen LogP contribution in [0.25, 0.3) is 0 Å². The highest BCUT2D eigenvalue weighted by Gasteiger charge is 2.17. The Hall–Kier alpha value is -1.13. The molecule has 0 saturated heterocycles. The molecule has 0 radical (unpaired) electrons. The first-order chi connectivity index (χ1) is 8.08. The molecule has 0 N–H and O–H groups in total. The Morgan fingerprint density at radius 3 is 2.71 bits per heavy atom. The van der Waals surface area contributed by atoms with Crippen LogP contribution in [0.15, 0.2) is 17.2 Å². The summed E-state index contributed by atoms with van der Waals surface area (Å²) in [6, 6.07) is 3.40. The van der Waals surface area contributed by atoms with E-state index in [2.05, 4.69) is 5.10 Å². The van der Waals surface area contributed by atoms with Crippen LogP contribution in [0.4, 0.5) is 5.69 Å². The van der Waals surface area contributed by atoms with Crippen LogP contribution in [-0.2, 0) is 4.74 Å². The van der Waals surface area contributed by atoms with Crippen molar-refractivity contribution in [3.05, 3.63) is 22.2 Å². The van der Waals surface area contributed by atoms with Gasteiger partial charge < -0.3 is 9.47 Å². The van der Waals surface area contributed by atoms with Crippen molar-refractivity contribution >= 4 is 35.3 Å². The molecule has 0 fully saturated rings. The van der Waals surface area contributed by atoms with Crippen molar-refractivity contribution in [1.29, 1.82) is 0 Å². The van der Waals surface area contributed by atoms with Crippen LogP contribution in [0.1, 0.15) is 13.8 Å². The average molecular weight is 275 g/mol. The minimum absolute atomic E-state index is 0.0415. The molecule has 0 aliphatic carbocycles. The molecular weight excluding hydrogens is 263 g/mol. The van der Waals surface area contributed by atoms with Gasteiger partial charge in [-0.1, -0.05) is 23.2 Å². The topological polar surface area (TPSA) is 34.1 Å². The normalized spacial score (nSPS) is 14.3. The van der Waals surface area contributed by atoms with E-state index < -0.39 is 0 Å². The van der Waals surface area contributed by atoms with Crippen molar-refractivity contribution in [3.8, 4) is 5.75 Å². The van der Waals surface area contributed by atoms with E-state index in [4.69, 9.17) is 32.7 Å². The van der Waals surface area contributed by atoms with Gasteiger partial charge in [0, 0.05) is 6.07 Å². The summed E-state index contributed by atoms with van der Waals surface area (Å²) in [7, 11) is 0. The molecule has 6 heteroatoms. The monoisotopic (exact) mass is 274 g/mol. The van der Waals surface area contributed by atoms with Crippen molar-refractivity contribution < 1.29 is 9.47 Å². The Balaban J connectivity index is 2.34. The van der Waals surface area contributed by atoms with Gasteiger partial charge in [-0.15, -0.1) is 5.10 Å². The Bertz CT molecular complexity index is 449. The number of nitrogens with zero attached hydrogens (tertiary/aromatic N) is 2. The number of ether oxygens (including phenoxy) is 2. The molecule has 0 bridgehead atoms. The fraction of sp³-hybridized carbons (Fsp3) is 0.364. The maximum atomic E-state index is 6.11. The highest BCUT2D eigenvalue weighted by atomic mass is 35.5. The van der Waals surface area contributed by atoms with Gasteiger partial charge in [-0.3, -0.25) is 0 Å². The van der Waals surface area contributed by atoms with E-state index in [1.165, 1.54) is 6.40 Å². The molecule has 0 atom stereocenters. The Kier molecular flexibility index (Phi) is 3.64. The number of rotatable bonds is 3. The van der Waals surface area contributed by atoms with Crippen LogP contribution in [0.3, 0.4) is 0 Å². The first kappa shape index (κ1) is 12.3. The fourth-order valence-electron chi connectivity index (χ4n) is 1.42. The van der Waals surface area contributed by atoms with Gasteiger partial charge in [0.15, 0.2) is 13.1 Å². The second kappa shape index (κ2) is 5.02. The Morgan fingerprint density at radius 2 is 2.12 bits per heavy atom. The van der Waals surface area contributed by atoms with Crippen LogP contribution in [-0.4, -0.2) is 19.2 Å². The first-order valence-electron chi connectivity index (χ1n) is 5.15. The predicted octanol–water partition coefficient (Wildman–Crippen LogP) is 3.52. The third-order valence-corrected chi connectivity index (χ3v) is 2.70. The Labute approximate surface area is 110 Å². The first-order valence-corrected chi connectivity index (χ1v) is 5.91.